The number of benzene rings is 2. The van der Waals surface area contributed by atoms with E-state index < -0.39 is 0 Å². The minimum Gasteiger partial charge on any atom is -0.491 e. The standard InChI is InChI=1S/C17H20FNO/c1-3-20-17-10-9-15(11-16(17)18)13(2)19-12-14-7-5-4-6-8-14/h4-11,13,19H,3,12H2,1-2H3/t13-/m0/s1. The number of hydrogen-bond donors (Lipinski definition) is 1. The van der Waals surface area contributed by atoms with Gasteiger partial charge in [-0.1, -0.05) is 36.4 Å². The van der Waals surface area contributed by atoms with Gasteiger partial charge in [0.05, 0.1) is 6.61 Å². The molecule has 0 spiro atoms. The summed E-state index contributed by atoms with van der Waals surface area (Å²) >= 11 is 0. The Labute approximate surface area is 119 Å². The Kier molecular flexibility index (Phi) is 5.13. The van der Waals surface area contributed by atoms with Crippen molar-refractivity contribution in [3.63, 3.8) is 0 Å². The summed E-state index contributed by atoms with van der Waals surface area (Å²) in [6.45, 7) is 5.10. The first-order chi connectivity index (χ1) is 9.70. The molecule has 1 N–H and O–H groups in total. The topological polar surface area (TPSA) is 21.3 Å². The van der Waals surface area contributed by atoms with Gasteiger partial charge in [-0.3, -0.25) is 0 Å². The highest BCUT2D eigenvalue weighted by Crippen LogP contribution is 2.22. The van der Waals surface area contributed by atoms with Gasteiger partial charge in [0.15, 0.2) is 11.6 Å². The highest BCUT2D eigenvalue weighted by Gasteiger charge is 2.09. The molecule has 2 aromatic rings. The lowest BCUT2D eigenvalue weighted by atomic mass is 10.1. The lowest BCUT2D eigenvalue weighted by Gasteiger charge is -2.15. The van der Waals surface area contributed by atoms with E-state index in [4.69, 9.17) is 4.74 Å². The minimum atomic E-state index is -0.308. The highest BCUT2D eigenvalue weighted by molar-refractivity contribution is 5.31. The fourth-order valence-corrected chi connectivity index (χ4v) is 2.04. The number of nitrogens with one attached hydrogen (secondary N) is 1. The van der Waals surface area contributed by atoms with Crippen LogP contribution in [0, 0.1) is 5.82 Å². The molecule has 3 heteroatoms. The molecule has 0 fully saturated rings. The number of hydrogen-bond acceptors (Lipinski definition) is 2. The molecule has 0 aromatic heterocycles. The highest BCUT2D eigenvalue weighted by atomic mass is 19.1. The van der Waals surface area contributed by atoms with E-state index in [1.54, 1.807) is 6.07 Å². The Hall–Kier alpha value is -1.87. The maximum atomic E-state index is 13.8. The summed E-state index contributed by atoms with van der Waals surface area (Å²) in [5.74, 6) is 0.00391. The Bertz CT molecular complexity index is 542. The second-order valence-electron chi connectivity index (χ2n) is 4.71. The van der Waals surface area contributed by atoms with Crippen LogP contribution in [-0.4, -0.2) is 6.61 Å². The van der Waals surface area contributed by atoms with Gasteiger partial charge in [-0.05, 0) is 37.1 Å². The van der Waals surface area contributed by atoms with Crippen molar-refractivity contribution < 1.29 is 9.13 Å². The summed E-state index contributed by atoms with van der Waals surface area (Å²) in [4.78, 5) is 0. The smallest absolute Gasteiger partial charge is 0.165 e. The molecule has 0 heterocycles. The van der Waals surface area contributed by atoms with Crippen molar-refractivity contribution in [3.8, 4) is 5.75 Å². The minimum absolute atomic E-state index is 0.0837. The molecule has 2 nitrogen and oxygen atoms in total. The molecule has 1 atom stereocenters. The van der Waals surface area contributed by atoms with Crippen LogP contribution in [-0.2, 0) is 6.54 Å². The molecular weight excluding hydrogens is 253 g/mol. The third-order valence-corrected chi connectivity index (χ3v) is 3.21. The molecule has 0 aliphatic heterocycles. The lowest BCUT2D eigenvalue weighted by Crippen LogP contribution is -2.18. The molecular formula is C17H20FNO. The van der Waals surface area contributed by atoms with Gasteiger partial charge in [-0.2, -0.15) is 0 Å². The van der Waals surface area contributed by atoms with Crippen LogP contribution in [0.1, 0.15) is 31.0 Å². The van der Waals surface area contributed by atoms with Crippen molar-refractivity contribution in [3.05, 3.63) is 65.5 Å². The molecule has 2 rings (SSSR count). The molecule has 0 saturated carbocycles. The molecule has 106 valence electrons. The summed E-state index contributed by atoms with van der Waals surface area (Å²) in [5.41, 5.74) is 2.13. The fraction of sp³-hybridized carbons (Fsp3) is 0.294. The largest absolute Gasteiger partial charge is 0.491 e. The van der Waals surface area contributed by atoms with Gasteiger partial charge >= 0.3 is 0 Å². The van der Waals surface area contributed by atoms with Gasteiger partial charge in [-0.25, -0.2) is 4.39 Å². The van der Waals surface area contributed by atoms with E-state index >= 15 is 0 Å². The molecule has 0 amide bonds. The van der Waals surface area contributed by atoms with Crippen LogP contribution in [0.15, 0.2) is 48.5 Å². The van der Waals surface area contributed by atoms with E-state index in [1.807, 2.05) is 38.1 Å². The third-order valence-electron chi connectivity index (χ3n) is 3.21. The summed E-state index contributed by atoms with van der Waals surface area (Å²) in [7, 11) is 0. The molecule has 0 saturated heterocycles. The monoisotopic (exact) mass is 273 g/mol. The zero-order valence-electron chi connectivity index (χ0n) is 11.9. The van der Waals surface area contributed by atoms with Crippen molar-refractivity contribution in [1.29, 1.82) is 0 Å². The van der Waals surface area contributed by atoms with E-state index in [2.05, 4.69) is 17.4 Å². The maximum Gasteiger partial charge on any atom is 0.165 e. The summed E-state index contributed by atoms with van der Waals surface area (Å²) < 4.78 is 19.0. The average Bonchev–Trinajstić information content (AvgIpc) is 2.48. The fourth-order valence-electron chi connectivity index (χ4n) is 2.04. The van der Waals surface area contributed by atoms with Crippen molar-refractivity contribution in [1.82, 2.24) is 5.32 Å². The van der Waals surface area contributed by atoms with Crippen molar-refractivity contribution in [2.24, 2.45) is 0 Å². The van der Waals surface area contributed by atoms with Crippen LogP contribution in [0.2, 0.25) is 0 Å². The van der Waals surface area contributed by atoms with E-state index in [-0.39, 0.29) is 11.9 Å². The first-order valence-electron chi connectivity index (χ1n) is 6.90. The predicted octanol–water partition coefficient (Wildman–Crippen LogP) is 4.08. The van der Waals surface area contributed by atoms with E-state index in [0.29, 0.717) is 12.4 Å². The zero-order chi connectivity index (χ0) is 14.4. The molecule has 0 aliphatic carbocycles. The summed E-state index contributed by atoms with van der Waals surface area (Å²) in [6, 6.07) is 15.4. The quantitative estimate of drug-likeness (QED) is 0.856. The molecule has 0 radical (unpaired) electrons. The van der Waals surface area contributed by atoms with Crippen LogP contribution >= 0.6 is 0 Å². The molecule has 0 aliphatic rings. The van der Waals surface area contributed by atoms with Gasteiger partial charge in [0, 0.05) is 12.6 Å². The summed E-state index contributed by atoms with van der Waals surface area (Å²) in [6.07, 6.45) is 0. The van der Waals surface area contributed by atoms with Crippen LogP contribution < -0.4 is 10.1 Å². The van der Waals surface area contributed by atoms with Crippen molar-refractivity contribution in [2.75, 3.05) is 6.61 Å². The normalized spacial score (nSPS) is 12.2. The second-order valence-corrected chi connectivity index (χ2v) is 4.71. The second kappa shape index (κ2) is 7.06. The van der Waals surface area contributed by atoms with Gasteiger partial charge < -0.3 is 10.1 Å². The van der Waals surface area contributed by atoms with Crippen molar-refractivity contribution in [2.45, 2.75) is 26.4 Å². The Balaban J connectivity index is 1.98. The molecule has 0 unspecified atom stereocenters. The lowest BCUT2D eigenvalue weighted by molar-refractivity contribution is 0.321. The van der Waals surface area contributed by atoms with Crippen LogP contribution in [0.3, 0.4) is 0 Å². The number of ether oxygens (including phenoxy) is 1. The summed E-state index contributed by atoms with van der Waals surface area (Å²) in [5, 5.41) is 3.39. The van der Waals surface area contributed by atoms with E-state index in [9.17, 15) is 4.39 Å². The van der Waals surface area contributed by atoms with Gasteiger partial charge in [-0.15, -0.1) is 0 Å². The Morgan fingerprint density at radius 1 is 1.15 bits per heavy atom. The molecule has 0 bridgehead atoms. The van der Waals surface area contributed by atoms with E-state index in [0.717, 1.165) is 12.1 Å². The predicted molar refractivity (Wildman–Crippen MR) is 79.3 cm³/mol. The van der Waals surface area contributed by atoms with Gasteiger partial charge in [0.2, 0.25) is 0 Å². The average molecular weight is 273 g/mol. The van der Waals surface area contributed by atoms with Gasteiger partial charge in [0.1, 0.15) is 0 Å². The van der Waals surface area contributed by atoms with Crippen molar-refractivity contribution >= 4 is 0 Å². The molecule has 2 aromatic carbocycles. The number of halogens is 1. The van der Waals surface area contributed by atoms with Gasteiger partial charge in [0.25, 0.3) is 0 Å². The first kappa shape index (κ1) is 14.5. The SMILES string of the molecule is CCOc1ccc([C@H](C)NCc2ccccc2)cc1F. The zero-order valence-corrected chi connectivity index (χ0v) is 11.9. The number of rotatable bonds is 6. The van der Waals surface area contributed by atoms with Crippen LogP contribution in [0.5, 0.6) is 5.75 Å². The van der Waals surface area contributed by atoms with Crippen LogP contribution in [0.4, 0.5) is 4.39 Å². The Morgan fingerprint density at radius 3 is 2.55 bits per heavy atom. The maximum absolute atomic E-state index is 13.8. The van der Waals surface area contributed by atoms with Crippen LogP contribution in [0.25, 0.3) is 0 Å². The Morgan fingerprint density at radius 2 is 1.90 bits per heavy atom. The third kappa shape index (κ3) is 3.81. The first-order valence-corrected chi connectivity index (χ1v) is 6.90. The van der Waals surface area contributed by atoms with E-state index in [1.165, 1.54) is 11.6 Å². The molecule has 20 heavy (non-hydrogen) atoms.